The maximum absolute atomic E-state index is 12.8. The smallest absolute Gasteiger partial charge is 0.255 e. The summed E-state index contributed by atoms with van der Waals surface area (Å²) in [5, 5.41) is 6.13. The minimum atomic E-state index is -0.0138. The zero-order chi connectivity index (χ0) is 20.7. The molecule has 0 spiro atoms. The Hall–Kier alpha value is -2.90. The fraction of sp³-hybridized carbons (Fsp3) is 0.227. The molecule has 0 bridgehead atoms. The molecule has 5 rings (SSSR count). The first-order valence-electron chi connectivity index (χ1n) is 9.82. The van der Waals surface area contributed by atoms with Gasteiger partial charge in [-0.3, -0.25) is 4.79 Å². The number of aromatic nitrogens is 3. The van der Waals surface area contributed by atoms with Gasteiger partial charge in [-0.25, -0.2) is 4.68 Å². The van der Waals surface area contributed by atoms with Crippen molar-refractivity contribution >= 4 is 44.3 Å². The van der Waals surface area contributed by atoms with Crippen molar-refractivity contribution in [3.63, 3.8) is 0 Å². The van der Waals surface area contributed by atoms with E-state index < -0.39 is 0 Å². The fourth-order valence-electron chi connectivity index (χ4n) is 3.71. The van der Waals surface area contributed by atoms with Crippen LogP contribution in [0.15, 0.2) is 54.6 Å². The van der Waals surface area contributed by atoms with Gasteiger partial charge in [0.25, 0.3) is 5.91 Å². The number of halogens is 1. The van der Waals surface area contributed by atoms with Crippen LogP contribution in [-0.2, 0) is 0 Å². The van der Waals surface area contributed by atoms with E-state index >= 15 is 0 Å². The molecule has 4 aromatic rings. The standard InChI is InChI=1S/C22H20ClN5OS/c1-15-19-20(28(25-15)16-7-3-2-4-8-16)24-22(30-19)27-13-11-26(12-14-27)21(29)17-9-5-6-10-18(17)23/h2-10H,11-14H2,1H3. The summed E-state index contributed by atoms with van der Waals surface area (Å²) in [5.41, 5.74) is 3.42. The lowest BCUT2D eigenvalue weighted by Crippen LogP contribution is -2.48. The average Bonchev–Trinajstić information content (AvgIpc) is 3.35. The maximum atomic E-state index is 12.8. The molecule has 1 saturated heterocycles. The van der Waals surface area contributed by atoms with E-state index in [4.69, 9.17) is 16.6 Å². The van der Waals surface area contributed by atoms with Gasteiger partial charge >= 0.3 is 0 Å². The minimum Gasteiger partial charge on any atom is -0.344 e. The zero-order valence-electron chi connectivity index (χ0n) is 16.5. The SMILES string of the molecule is Cc1nn(-c2ccccc2)c2nc(N3CCN(C(=O)c4ccccc4Cl)CC3)sc12. The molecule has 1 fully saturated rings. The molecule has 0 radical (unpaired) electrons. The molecular formula is C22H20ClN5OS. The number of carbonyl (C=O) groups is 1. The molecule has 0 atom stereocenters. The Morgan fingerprint density at radius 1 is 1.00 bits per heavy atom. The first-order valence-corrected chi connectivity index (χ1v) is 11.0. The van der Waals surface area contributed by atoms with Gasteiger partial charge in [-0.15, -0.1) is 0 Å². The van der Waals surface area contributed by atoms with Crippen molar-refractivity contribution in [1.82, 2.24) is 19.7 Å². The Bertz CT molecular complexity index is 1210. The first-order chi connectivity index (χ1) is 14.6. The molecule has 1 amide bonds. The highest BCUT2D eigenvalue weighted by Gasteiger charge is 2.26. The van der Waals surface area contributed by atoms with Crippen LogP contribution in [0.3, 0.4) is 0 Å². The van der Waals surface area contributed by atoms with E-state index in [-0.39, 0.29) is 5.91 Å². The second kappa shape index (κ2) is 7.74. The predicted molar refractivity (Wildman–Crippen MR) is 121 cm³/mol. The van der Waals surface area contributed by atoms with E-state index in [1.165, 1.54) is 0 Å². The number of amides is 1. The molecule has 0 N–H and O–H groups in total. The molecule has 6 nitrogen and oxygen atoms in total. The van der Waals surface area contributed by atoms with E-state index in [0.717, 1.165) is 39.9 Å². The van der Waals surface area contributed by atoms with Crippen LogP contribution in [-0.4, -0.2) is 51.8 Å². The normalized spacial score (nSPS) is 14.5. The van der Waals surface area contributed by atoms with Gasteiger partial charge in [-0.05, 0) is 31.2 Å². The van der Waals surface area contributed by atoms with Crippen molar-refractivity contribution in [3.8, 4) is 5.69 Å². The number of hydrogen-bond acceptors (Lipinski definition) is 5. The highest BCUT2D eigenvalue weighted by Crippen LogP contribution is 2.33. The van der Waals surface area contributed by atoms with Gasteiger partial charge in [0.15, 0.2) is 10.8 Å². The van der Waals surface area contributed by atoms with Crippen LogP contribution in [0.4, 0.5) is 5.13 Å². The maximum Gasteiger partial charge on any atom is 0.255 e. The lowest BCUT2D eigenvalue weighted by molar-refractivity contribution is 0.0747. The number of para-hydroxylation sites is 1. The van der Waals surface area contributed by atoms with Gasteiger partial charge in [0.1, 0.15) is 0 Å². The summed E-state index contributed by atoms with van der Waals surface area (Å²) in [4.78, 5) is 21.8. The fourth-order valence-corrected chi connectivity index (χ4v) is 4.97. The third kappa shape index (κ3) is 3.34. The summed E-state index contributed by atoms with van der Waals surface area (Å²) >= 11 is 7.86. The summed E-state index contributed by atoms with van der Waals surface area (Å²) in [5.74, 6) is -0.0138. The quantitative estimate of drug-likeness (QED) is 0.476. The van der Waals surface area contributed by atoms with Crippen molar-refractivity contribution in [2.75, 3.05) is 31.1 Å². The summed E-state index contributed by atoms with van der Waals surface area (Å²) in [6.45, 7) is 4.78. The molecule has 1 aliphatic rings. The van der Waals surface area contributed by atoms with Gasteiger partial charge in [0, 0.05) is 26.2 Å². The van der Waals surface area contributed by atoms with Crippen molar-refractivity contribution in [3.05, 3.63) is 70.9 Å². The van der Waals surface area contributed by atoms with Crippen LogP contribution in [0.5, 0.6) is 0 Å². The number of nitrogens with zero attached hydrogens (tertiary/aromatic N) is 5. The van der Waals surface area contributed by atoms with Crippen LogP contribution < -0.4 is 4.90 Å². The molecule has 3 heterocycles. The molecule has 2 aromatic carbocycles. The second-order valence-electron chi connectivity index (χ2n) is 7.24. The monoisotopic (exact) mass is 437 g/mol. The number of thiazole rings is 1. The van der Waals surface area contributed by atoms with Crippen LogP contribution >= 0.6 is 22.9 Å². The van der Waals surface area contributed by atoms with Gasteiger partial charge in [0.05, 0.1) is 26.7 Å². The number of aryl methyl sites for hydroxylation is 1. The summed E-state index contributed by atoms with van der Waals surface area (Å²) < 4.78 is 3.01. The predicted octanol–water partition coefficient (Wildman–Crippen LogP) is 4.41. The van der Waals surface area contributed by atoms with Crippen LogP contribution in [0.2, 0.25) is 5.02 Å². The topological polar surface area (TPSA) is 54.3 Å². The largest absolute Gasteiger partial charge is 0.344 e. The Morgan fingerprint density at radius 2 is 1.70 bits per heavy atom. The van der Waals surface area contributed by atoms with E-state index in [1.807, 2.05) is 59.0 Å². The Balaban J connectivity index is 1.35. The molecule has 2 aromatic heterocycles. The molecule has 0 unspecified atom stereocenters. The lowest BCUT2D eigenvalue weighted by atomic mass is 10.2. The molecular weight excluding hydrogens is 418 g/mol. The van der Waals surface area contributed by atoms with E-state index in [9.17, 15) is 4.79 Å². The Labute approximate surface area is 183 Å². The van der Waals surface area contributed by atoms with Gasteiger partial charge < -0.3 is 9.80 Å². The first kappa shape index (κ1) is 19.1. The molecule has 1 aliphatic heterocycles. The van der Waals surface area contributed by atoms with Crippen LogP contribution in [0.1, 0.15) is 16.1 Å². The number of fused-ring (bicyclic) bond motifs is 1. The van der Waals surface area contributed by atoms with Crippen molar-refractivity contribution in [2.45, 2.75) is 6.92 Å². The van der Waals surface area contributed by atoms with Crippen LogP contribution in [0.25, 0.3) is 16.0 Å². The highest BCUT2D eigenvalue weighted by molar-refractivity contribution is 7.22. The Kier molecular flexibility index (Phi) is 4.92. The molecule has 0 saturated carbocycles. The number of rotatable bonds is 3. The lowest BCUT2D eigenvalue weighted by Gasteiger charge is -2.34. The average molecular weight is 438 g/mol. The number of carbonyl (C=O) groups excluding carboxylic acids is 1. The van der Waals surface area contributed by atoms with E-state index in [2.05, 4.69) is 10.00 Å². The summed E-state index contributed by atoms with van der Waals surface area (Å²) in [7, 11) is 0. The molecule has 0 aliphatic carbocycles. The van der Waals surface area contributed by atoms with E-state index in [1.54, 1.807) is 23.5 Å². The van der Waals surface area contributed by atoms with Crippen molar-refractivity contribution in [2.24, 2.45) is 0 Å². The number of benzene rings is 2. The van der Waals surface area contributed by atoms with Gasteiger partial charge in [-0.1, -0.05) is 53.3 Å². The number of anilines is 1. The molecule has 30 heavy (non-hydrogen) atoms. The molecule has 8 heteroatoms. The molecule has 152 valence electrons. The number of piperazine rings is 1. The van der Waals surface area contributed by atoms with Gasteiger partial charge in [0.2, 0.25) is 0 Å². The van der Waals surface area contributed by atoms with E-state index in [0.29, 0.717) is 23.7 Å². The van der Waals surface area contributed by atoms with Crippen molar-refractivity contribution in [1.29, 1.82) is 0 Å². The summed E-state index contributed by atoms with van der Waals surface area (Å²) in [6, 6.07) is 17.3. The third-order valence-corrected chi connectivity index (χ3v) is 6.86. The van der Waals surface area contributed by atoms with Gasteiger partial charge in [-0.2, -0.15) is 10.1 Å². The second-order valence-corrected chi connectivity index (χ2v) is 8.63. The number of hydrogen-bond donors (Lipinski definition) is 0. The Morgan fingerprint density at radius 3 is 2.43 bits per heavy atom. The van der Waals surface area contributed by atoms with Crippen molar-refractivity contribution < 1.29 is 4.79 Å². The highest BCUT2D eigenvalue weighted by atomic mass is 35.5. The summed E-state index contributed by atoms with van der Waals surface area (Å²) in [6.07, 6.45) is 0. The third-order valence-electron chi connectivity index (χ3n) is 5.32. The zero-order valence-corrected chi connectivity index (χ0v) is 18.0. The minimum absolute atomic E-state index is 0.0138. The van der Waals surface area contributed by atoms with Crippen LogP contribution in [0, 0.1) is 6.92 Å².